The molecule has 3 heteroatoms. The molecule has 0 bridgehead atoms. The molecule has 1 aliphatic heterocycles. The number of aryl methyl sites for hydroxylation is 1. The Morgan fingerprint density at radius 3 is 2.75 bits per heavy atom. The van der Waals surface area contributed by atoms with E-state index in [0.717, 1.165) is 11.3 Å². The van der Waals surface area contributed by atoms with Crippen molar-refractivity contribution in [1.82, 2.24) is 5.32 Å². The Morgan fingerprint density at radius 2 is 2.12 bits per heavy atom. The first-order chi connectivity index (χ1) is 7.47. The van der Waals surface area contributed by atoms with Crippen LogP contribution in [0.2, 0.25) is 0 Å². The van der Waals surface area contributed by atoms with E-state index in [1.807, 2.05) is 24.9 Å². The van der Waals surface area contributed by atoms with Gasteiger partial charge < -0.3 is 5.32 Å². The molecule has 1 nitrogen and oxygen atoms in total. The van der Waals surface area contributed by atoms with E-state index >= 15 is 0 Å². The van der Waals surface area contributed by atoms with Crippen LogP contribution in [-0.2, 0) is 5.75 Å². The van der Waals surface area contributed by atoms with Gasteiger partial charge in [-0.05, 0) is 45.0 Å². The molecule has 0 aliphatic carbocycles. The Morgan fingerprint density at radius 1 is 1.44 bits per heavy atom. The van der Waals surface area contributed by atoms with Gasteiger partial charge in [-0.15, -0.1) is 11.8 Å². The number of hydrogen-bond donors (Lipinski definition) is 1. The number of rotatable bonds is 1. The monoisotopic (exact) mass is 239 g/mol. The van der Waals surface area contributed by atoms with Crippen molar-refractivity contribution in [2.24, 2.45) is 0 Å². The maximum atomic E-state index is 14.0. The Balaban J connectivity index is 2.61. The molecule has 1 atom stereocenters. The molecular formula is C13H18FNS. The fraction of sp³-hybridized carbons (Fsp3) is 0.538. The standard InChI is InChI=1S/C13H18FNS/c1-8-5-6-10(14)11-9(8)7-16-13(2,3)12(11)15-4/h5-6,12,15H,7H2,1-4H3. The average Bonchev–Trinajstić information content (AvgIpc) is 2.22. The van der Waals surface area contributed by atoms with Gasteiger partial charge in [0, 0.05) is 22.1 Å². The predicted octanol–water partition coefficient (Wildman–Crippen LogP) is 3.42. The summed E-state index contributed by atoms with van der Waals surface area (Å²) in [5.41, 5.74) is 3.23. The van der Waals surface area contributed by atoms with Gasteiger partial charge in [0.1, 0.15) is 5.82 Å². The van der Waals surface area contributed by atoms with Crippen LogP contribution >= 0.6 is 11.8 Å². The first kappa shape index (κ1) is 11.9. The average molecular weight is 239 g/mol. The van der Waals surface area contributed by atoms with Crippen molar-refractivity contribution < 1.29 is 4.39 Å². The van der Waals surface area contributed by atoms with Crippen molar-refractivity contribution >= 4 is 11.8 Å². The molecule has 1 aromatic rings. The number of halogens is 1. The Labute approximate surface area is 101 Å². The molecular weight excluding hydrogens is 221 g/mol. The molecule has 1 aromatic carbocycles. The summed E-state index contributed by atoms with van der Waals surface area (Å²) in [5, 5.41) is 3.26. The lowest BCUT2D eigenvalue weighted by atomic mass is 9.89. The van der Waals surface area contributed by atoms with E-state index in [1.54, 1.807) is 6.07 Å². The van der Waals surface area contributed by atoms with Gasteiger partial charge >= 0.3 is 0 Å². The van der Waals surface area contributed by atoms with Crippen molar-refractivity contribution in [3.8, 4) is 0 Å². The van der Waals surface area contributed by atoms with E-state index in [-0.39, 0.29) is 16.6 Å². The van der Waals surface area contributed by atoms with Gasteiger partial charge in [-0.2, -0.15) is 0 Å². The van der Waals surface area contributed by atoms with E-state index in [2.05, 4.69) is 26.1 Å². The zero-order valence-electron chi connectivity index (χ0n) is 10.2. The molecule has 0 saturated heterocycles. The third-order valence-electron chi connectivity index (χ3n) is 3.40. The van der Waals surface area contributed by atoms with Gasteiger partial charge in [0.25, 0.3) is 0 Å². The summed E-state index contributed by atoms with van der Waals surface area (Å²) in [6.45, 7) is 6.40. The van der Waals surface area contributed by atoms with E-state index in [4.69, 9.17) is 0 Å². The summed E-state index contributed by atoms with van der Waals surface area (Å²) >= 11 is 1.89. The minimum atomic E-state index is -0.0756. The van der Waals surface area contributed by atoms with Crippen molar-refractivity contribution in [2.45, 2.75) is 37.3 Å². The van der Waals surface area contributed by atoms with Crippen LogP contribution in [0.5, 0.6) is 0 Å². The Bertz CT molecular complexity index is 415. The number of fused-ring (bicyclic) bond motifs is 1. The first-order valence-corrected chi connectivity index (χ1v) is 6.55. The van der Waals surface area contributed by atoms with E-state index in [0.29, 0.717) is 0 Å². The van der Waals surface area contributed by atoms with Crippen LogP contribution in [0.25, 0.3) is 0 Å². The summed E-state index contributed by atoms with van der Waals surface area (Å²) in [6.07, 6.45) is 0. The lowest BCUT2D eigenvalue weighted by Crippen LogP contribution is -2.39. The minimum absolute atomic E-state index is 0.0381. The lowest BCUT2D eigenvalue weighted by molar-refractivity contribution is 0.449. The molecule has 0 spiro atoms. The fourth-order valence-electron chi connectivity index (χ4n) is 2.43. The van der Waals surface area contributed by atoms with Crippen LogP contribution in [0.15, 0.2) is 12.1 Å². The van der Waals surface area contributed by atoms with Crippen LogP contribution in [0.3, 0.4) is 0 Å². The third kappa shape index (κ3) is 1.76. The van der Waals surface area contributed by atoms with E-state index < -0.39 is 0 Å². The topological polar surface area (TPSA) is 12.0 Å². The summed E-state index contributed by atoms with van der Waals surface area (Å²) in [7, 11) is 1.91. The van der Waals surface area contributed by atoms with Crippen LogP contribution < -0.4 is 5.32 Å². The second-order valence-electron chi connectivity index (χ2n) is 4.87. The lowest BCUT2D eigenvalue weighted by Gasteiger charge is -2.40. The first-order valence-electron chi connectivity index (χ1n) is 5.56. The summed E-state index contributed by atoms with van der Waals surface area (Å²) in [6, 6.07) is 3.55. The molecule has 88 valence electrons. The summed E-state index contributed by atoms with van der Waals surface area (Å²) < 4.78 is 14.0. The number of hydrogen-bond acceptors (Lipinski definition) is 2. The van der Waals surface area contributed by atoms with Gasteiger partial charge in [0.2, 0.25) is 0 Å². The molecule has 0 radical (unpaired) electrons. The van der Waals surface area contributed by atoms with Gasteiger partial charge in [-0.25, -0.2) is 4.39 Å². The van der Waals surface area contributed by atoms with Gasteiger partial charge in [-0.3, -0.25) is 0 Å². The van der Waals surface area contributed by atoms with Crippen LogP contribution in [-0.4, -0.2) is 11.8 Å². The SMILES string of the molecule is CNC1c2c(F)ccc(C)c2CSC1(C)C. The van der Waals surface area contributed by atoms with E-state index in [1.165, 1.54) is 11.1 Å². The van der Waals surface area contributed by atoms with Crippen LogP contribution in [0.1, 0.15) is 36.6 Å². The molecule has 0 saturated carbocycles. The molecule has 1 aliphatic rings. The maximum absolute atomic E-state index is 14.0. The van der Waals surface area contributed by atoms with Crippen molar-refractivity contribution in [3.63, 3.8) is 0 Å². The molecule has 2 rings (SSSR count). The van der Waals surface area contributed by atoms with E-state index in [9.17, 15) is 4.39 Å². The Kier molecular flexibility index (Phi) is 3.01. The van der Waals surface area contributed by atoms with Crippen LogP contribution in [0, 0.1) is 12.7 Å². The smallest absolute Gasteiger partial charge is 0.128 e. The highest BCUT2D eigenvalue weighted by molar-refractivity contribution is 8.00. The molecule has 0 fully saturated rings. The molecule has 0 amide bonds. The highest BCUT2D eigenvalue weighted by Crippen LogP contribution is 2.46. The predicted molar refractivity (Wildman–Crippen MR) is 68.3 cm³/mol. The van der Waals surface area contributed by atoms with Gasteiger partial charge in [0.05, 0.1) is 0 Å². The normalized spacial score (nSPS) is 22.9. The molecule has 1 heterocycles. The van der Waals surface area contributed by atoms with Crippen LogP contribution in [0.4, 0.5) is 4.39 Å². The largest absolute Gasteiger partial charge is 0.312 e. The second-order valence-corrected chi connectivity index (χ2v) is 6.50. The summed E-state index contributed by atoms with van der Waals surface area (Å²) in [4.78, 5) is 0. The Hall–Kier alpha value is -0.540. The quantitative estimate of drug-likeness (QED) is 0.806. The van der Waals surface area contributed by atoms with Gasteiger partial charge in [-0.1, -0.05) is 6.07 Å². The van der Waals surface area contributed by atoms with Crippen molar-refractivity contribution in [3.05, 3.63) is 34.6 Å². The third-order valence-corrected chi connectivity index (χ3v) is 4.81. The molecule has 0 aromatic heterocycles. The zero-order chi connectivity index (χ0) is 11.9. The second kappa shape index (κ2) is 4.04. The van der Waals surface area contributed by atoms with Gasteiger partial charge in [0.15, 0.2) is 0 Å². The maximum Gasteiger partial charge on any atom is 0.128 e. The number of benzene rings is 1. The van der Waals surface area contributed by atoms with Crippen molar-refractivity contribution in [1.29, 1.82) is 0 Å². The molecule has 1 N–H and O–H groups in total. The number of nitrogens with one attached hydrogen (secondary N) is 1. The van der Waals surface area contributed by atoms with Crippen molar-refractivity contribution in [2.75, 3.05) is 7.05 Å². The summed E-state index contributed by atoms with van der Waals surface area (Å²) in [5.74, 6) is 0.831. The highest BCUT2D eigenvalue weighted by Gasteiger charge is 2.37. The molecule has 1 unspecified atom stereocenters. The number of thioether (sulfide) groups is 1. The highest BCUT2D eigenvalue weighted by atomic mass is 32.2. The fourth-order valence-corrected chi connectivity index (χ4v) is 3.73. The molecule has 16 heavy (non-hydrogen) atoms. The minimum Gasteiger partial charge on any atom is -0.312 e. The zero-order valence-corrected chi connectivity index (χ0v) is 11.0.